The number of rotatable bonds is 2. The van der Waals surface area contributed by atoms with Gasteiger partial charge < -0.3 is 15.3 Å². The van der Waals surface area contributed by atoms with Crippen LogP contribution in [0.25, 0.3) is 0 Å². The molecule has 0 saturated carbocycles. The standard InChI is InChI=1S/C11H11NO4S/c1-11(10(15)16)5-17-9(12-11)6-2-7(13)4-8(14)3-6/h2-4,13-14H,5H2,1H3,(H,15,16)/t11-/m1/s1. The summed E-state index contributed by atoms with van der Waals surface area (Å²) < 4.78 is 0. The van der Waals surface area contributed by atoms with Crippen LogP contribution in [0.2, 0.25) is 0 Å². The van der Waals surface area contributed by atoms with Gasteiger partial charge in [0.1, 0.15) is 11.5 Å². The van der Waals surface area contributed by atoms with Gasteiger partial charge in [0, 0.05) is 17.4 Å². The van der Waals surface area contributed by atoms with Crippen LogP contribution in [0.1, 0.15) is 12.5 Å². The van der Waals surface area contributed by atoms with Crippen molar-refractivity contribution in [2.75, 3.05) is 5.75 Å². The molecule has 1 atom stereocenters. The average Bonchev–Trinajstić information content (AvgIpc) is 2.61. The molecule has 0 aliphatic carbocycles. The van der Waals surface area contributed by atoms with Crippen LogP contribution in [-0.4, -0.2) is 37.6 Å². The highest BCUT2D eigenvalue weighted by molar-refractivity contribution is 8.14. The number of thioether (sulfide) groups is 1. The van der Waals surface area contributed by atoms with Crippen molar-refractivity contribution >= 4 is 22.8 Å². The number of aliphatic carboxylic acids is 1. The van der Waals surface area contributed by atoms with Gasteiger partial charge in [-0.05, 0) is 19.1 Å². The van der Waals surface area contributed by atoms with Gasteiger partial charge in [0.2, 0.25) is 0 Å². The molecule has 0 radical (unpaired) electrons. The summed E-state index contributed by atoms with van der Waals surface area (Å²) in [5, 5.41) is 28.2. The van der Waals surface area contributed by atoms with Gasteiger partial charge in [-0.25, -0.2) is 4.79 Å². The third kappa shape index (κ3) is 2.21. The summed E-state index contributed by atoms with van der Waals surface area (Å²) in [5.41, 5.74) is -0.612. The number of carboxylic acid groups (broad SMARTS) is 1. The number of phenols is 2. The number of aromatic hydroxyl groups is 2. The van der Waals surface area contributed by atoms with Crippen molar-refractivity contribution in [3.05, 3.63) is 23.8 Å². The van der Waals surface area contributed by atoms with Crippen LogP contribution in [0.3, 0.4) is 0 Å². The molecular weight excluding hydrogens is 242 g/mol. The lowest BCUT2D eigenvalue weighted by Crippen LogP contribution is -2.33. The highest BCUT2D eigenvalue weighted by Crippen LogP contribution is 2.33. The van der Waals surface area contributed by atoms with E-state index in [9.17, 15) is 15.0 Å². The number of carboxylic acids is 1. The van der Waals surface area contributed by atoms with Gasteiger partial charge in [-0.2, -0.15) is 0 Å². The lowest BCUT2D eigenvalue weighted by atomic mass is 10.1. The zero-order valence-corrected chi connectivity index (χ0v) is 9.86. The summed E-state index contributed by atoms with van der Waals surface area (Å²) in [4.78, 5) is 15.1. The SMILES string of the molecule is C[C@]1(C(=O)O)CSC(c2cc(O)cc(O)c2)=N1. The number of phenolic OH excluding ortho intramolecular Hbond substituents is 2. The summed E-state index contributed by atoms with van der Waals surface area (Å²) in [6.45, 7) is 1.54. The first kappa shape index (κ1) is 11.8. The second-order valence-corrected chi connectivity index (χ2v) is 4.99. The first-order chi connectivity index (χ1) is 7.90. The Morgan fingerprint density at radius 1 is 1.35 bits per heavy atom. The van der Waals surface area contributed by atoms with Crippen molar-refractivity contribution in [1.82, 2.24) is 0 Å². The summed E-state index contributed by atoms with van der Waals surface area (Å²) in [7, 11) is 0. The van der Waals surface area contributed by atoms with Gasteiger partial charge in [0.15, 0.2) is 5.54 Å². The van der Waals surface area contributed by atoms with E-state index in [1.165, 1.54) is 36.9 Å². The average molecular weight is 253 g/mol. The van der Waals surface area contributed by atoms with Crippen molar-refractivity contribution in [2.24, 2.45) is 4.99 Å². The van der Waals surface area contributed by atoms with Crippen molar-refractivity contribution in [1.29, 1.82) is 0 Å². The molecule has 1 aromatic carbocycles. The molecule has 0 spiro atoms. The molecular formula is C11H11NO4S. The molecule has 1 aromatic rings. The van der Waals surface area contributed by atoms with Crippen molar-refractivity contribution in [2.45, 2.75) is 12.5 Å². The van der Waals surface area contributed by atoms with Crippen molar-refractivity contribution in [3.8, 4) is 11.5 Å². The normalized spacial score (nSPS) is 23.5. The molecule has 2 rings (SSSR count). The molecule has 0 saturated heterocycles. The van der Waals surface area contributed by atoms with E-state index in [-0.39, 0.29) is 11.5 Å². The molecule has 90 valence electrons. The zero-order chi connectivity index (χ0) is 12.6. The van der Waals surface area contributed by atoms with Gasteiger partial charge >= 0.3 is 5.97 Å². The maximum atomic E-state index is 11.0. The van der Waals surface area contributed by atoms with E-state index in [1.54, 1.807) is 0 Å². The molecule has 0 unspecified atom stereocenters. The third-order valence-corrected chi connectivity index (χ3v) is 3.76. The highest BCUT2D eigenvalue weighted by Gasteiger charge is 2.38. The van der Waals surface area contributed by atoms with Gasteiger partial charge in [-0.15, -0.1) is 11.8 Å². The molecule has 5 nitrogen and oxygen atoms in total. The molecule has 1 heterocycles. The Labute approximate surface area is 102 Å². The molecule has 1 aliphatic heterocycles. The van der Waals surface area contributed by atoms with E-state index in [0.29, 0.717) is 16.4 Å². The fraction of sp³-hybridized carbons (Fsp3) is 0.273. The van der Waals surface area contributed by atoms with E-state index in [1.807, 2.05) is 0 Å². The maximum Gasteiger partial charge on any atom is 0.332 e. The van der Waals surface area contributed by atoms with Crippen molar-refractivity contribution < 1.29 is 20.1 Å². The Balaban J connectivity index is 2.39. The van der Waals surface area contributed by atoms with E-state index >= 15 is 0 Å². The molecule has 3 N–H and O–H groups in total. The van der Waals surface area contributed by atoms with Gasteiger partial charge in [-0.1, -0.05) is 0 Å². The fourth-order valence-electron chi connectivity index (χ4n) is 1.47. The largest absolute Gasteiger partial charge is 0.508 e. The Hall–Kier alpha value is -1.69. The quantitative estimate of drug-likeness (QED) is 0.742. The molecule has 0 bridgehead atoms. The van der Waals surface area contributed by atoms with E-state index in [4.69, 9.17) is 5.11 Å². The Kier molecular flexibility index (Phi) is 2.74. The van der Waals surface area contributed by atoms with Crippen LogP contribution in [0, 0.1) is 0 Å². The number of carbonyl (C=O) groups is 1. The first-order valence-electron chi connectivity index (χ1n) is 4.90. The van der Waals surface area contributed by atoms with E-state index < -0.39 is 11.5 Å². The number of aliphatic imine (C=N–C) groups is 1. The Morgan fingerprint density at radius 3 is 2.41 bits per heavy atom. The van der Waals surface area contributed by atoms with E-state index in [0.717, 1.165) is 0 Å². The van der Waals surface area contributed by atoms with Crippen LogP contribution < -0.4 is 0 Å². The van der Waals surface area contributed by atoms with Crippen LogP contribution in [0.15, 0.2) is 23.2 Å². The van der Waals surface area contributed by atoms with Crippen LogP contribution in [-0.2, 0) is 4.79 Å². The molecule has 0 fully saturated rings. The monoisotopic (exact) mass is 253 g/mol. The summed E-state index contributed by atoms with van der Waals surface area (Å²) >= 11 is 1.30. The lowest BCUT2D eigenvalue weighted by molar-refractivity contribution is -0.141. The summed E-state index contributed by atoms with van der Waals surface area (Å²) in [6, 6.07) is 4.10. The molecule has 0 aromatic heterocycles. The van der Waals surface area contributed by atoms with E-state index in [2.05, 4.69) is 4.99 Å². The number of nitrogens with zero attached hydrogens (tertiary/aromatic N) is 1. The minimum Gasteiger partial charge on any atom is -0.508 e. The number of benzene rings is 1. The molecule has 17 heavy (non-hydrogen) atoms. The van der Waals surface area contributed by atoms with Gasteiger partial charge in [-0.3, -0.25) is 4.99 Å². The fourth-order valence-corrected chi connectivity index (χ4v) is 2.63. The summed E-state index contributed by atoms with van der Waals surface area (Å²) in [5.74, 6) is -0.794. The van der Waals surface area contributed by atoms with Crippen LogP contribution in [0.5, 0.6) is 11.5 Å². The molecule has 1 aliphatic rings. The zero-order valence-electron chi connectivity index (χ0n) is 9.04. The maximum absolute atomic E-state index is 11.0. The minimum absolute atomic E-state index is 0.0766. The first-order valence-corrected chi connectivity index (χ1v) is 5.89. The highest BCUT2D eigenvalue weighted by atomic mass is 32.2. The smallest absolute Gasteiger partial charge is 0.332 e. The van der Waals surface area contributed by atoms with Crippen LogP contribution in [0.4, 0.5) is 0 Å². The lowest BCUT2D eigenvalue weighted by Gasteiger charge is -2.11. The van der Waals surface area contributed by atoms with Crippen molar-refractivity contribution in [3.63, 3.8) is 0 Å². The Morgan fingerprint density at radius 2 is 1.94 bits per heavy atom. The molecule has 6 heteroatoms. The molecule has 0 amide bonds. The minimum atomic E-state index is -1.14. The third-order valence-electron chi connectivity index (χ3n) is 2.45. The Bertz CT molecular complexity index is 494. The predicted octanol–water partition coefficient (Wildman–Crippen LogP) is 1.43. The second kappa shape index (κ2) is 3.96. The van der Waals surface area contributed by atoms with Crippen LogP contribution >= 0.6 is 11.8 Å². The number of hydrogen-bond acceptors (Lipinski definition) is 5. The number of hydrogen-bond donors (Lipinski definition) is 3. The predicted molar refractivity (Wildman–Crippen MR) is 64.8 cm³/mol. The second-order valence-electron chi connectivity index (χ2n) is 4.02. The van der Waals surface area contributed by atoms with Gasteiger partial charge in [0.05, 0.1) is 5.04 Å². The summed E-state index contributed by atoms with van der Waals surface area (Å²) in [6.07, 6.45) is 0. The topological polar surface area (TPSA) is 90.1 Å². The van der Waals surface area contributed by atoms with Gasteiger partial charge in [0.25, 0.3) is 0 Å².